The van der Waals surface area contributed by atoms with Crippen LogP contribution in [0.2, 0.25) is 0 Å². The molecule has 3 heterocycles. The molecule has 0 saturated heterocycles. The molecular formula is C28H21N7O2S. The monoisotopic (exact) mass is 519 g/mol. The third-order valence-electron chi connectivity index (χ3n) is 6.42. The number of benzene rings is 3. The van der Waals surface area contributed by atoms with E-state index in [1.807, 2.05) is 48.7 Å². The van der Waals surface area contributed by atoms with E-state index >= 15 is 0 Å². The maximum atomic E-state index is 13.4. The Bertz CT molecular complexity index is 1930. The summed E-state index contributed by atoms with van der Waals surface area (Å²) in [5.41, 5.74) is 3.35. The number of H-pyrrole nitrogens is 1. The van der Waals surface area contributed by atoms with Crippen LogP contribution in [-0.2, 0) is 10.0 Å². The molecule has 0 aliphatic rings. The highest BCUT2D eigenvalue weighted by Crippen LogP contribution is 2.30. The molecule has 3 aromatic carbocycles. The SMILES string of the molecule is N#CCC(c1cccc(S(=O)(=O)Nc2cccc3ccccc23)c1)n1cc(-c2ncnc3[nH]ccc23)cn1. The Morgan fingerprint density at radius 1 is 1.00 bits per heavy atom. The minimum absolute atomic E-state index is 0.100. The molecule has 0 radical (unpaired) electrons. The van der Waals surface area contributed by atoms with Gasteiger partial charge in [-0.05, 0) is 35.2 Å². The number of aromatic amines is 1. The highest BCUT2D eigenvalue weighted by atomic mass is 32.2. The predicted molar refractivity (Wildman–Crippen MR) is 145 cm³/mol. The molecule has 0 saturated carbocycles. The van der Waals surface area contributed by atoms with Crippen LogP contribution in [0.1, 0.15) is 18.0 Å². The van der Waals surface area contributed by atoms with Crippen LogP contribution in [0.15, 0.2) is 103 Å². The van der Waals surface area contributed by atoms with Crippen molar-refractivity contribution < 1.29 is 8.42 Å². The maximum Gasteiger partial charge on any atom is 0.261 e. The lowest BCUT2D eigenvalue weighted by molar-refractivity contribution is 0.531. The fourth-order valence-electron chi connectivity index (χ4n) is 4.59. The molecule has 0 aliphatic carbocycles. The summed E-state index contributed by atoms with van der Waals surface area (Å²) >= 11 is 0. The van der Waals surface area contributed by atoms with E-state index in [2.05, 4.69) is 30.8 Å². The van der Waals surface area contributed by atoms with Gasteiger partial charge in [0, 0.05) is 28.7 Å². The Morgan fingerprint density at radius 3 is 2.74 bits per heavy atom. The van der Waals surface area contributed by atoms with Crippen molar-refractivity contribution in [3.63, 3.8) is 0 Å². The number of nitrogens with zero attached hydrogens (tertiary/aromatic N) is 5. The van der Waals surface area contributed by atoms with E-state index in [4.69, 9.17) is 0 Å². The zero-order valence-corrected chi connectivity index (χ0v) is 20.8. The molecule has 3 aromatic heterocycles. The highest BCUT2D eigenvalue weighted by molar-refractivity contribution is 7.92. The summed E-state index contributed by atoms with van der Waals surface area (Å²) in [7, 11) is -3.90. The lowest BCUT2D eigenvalue weighted by Gasteiger charge is -2.17. The number of rotatable bonds is 7. The summed E-state index contributed by atoms with van der Waals surface area (Å²) in [6.07, 6.45) is 6.87. The lowest BCUT2D eigenvalue weighted by atomic mass is 10.0. The van der Waals surface area contributed by atoms with Gasteiger partial charge in [-0.1, -0.05) is 48.5 Å². The van der Waals surface area contributed by atoms with Gasteiger partial charge in [-0.3, -0.25) is 9.40 Å². The van der Waals surface area contributed by atoms with Crippen molar-refractivity contribution in [2.45, 2.75) is 17.4 Å². The predicted octanol–water partition coefficient (Wildman–Crippen LogP) is 5.28. The molecule has 0 aliphatic heterocycles. The first-order valence-corrected chi connectivity index (χ1v) is 13.3. The first-order valence-electron chi connectivity index (χ1n) is 11.8. The van der Waals surface area contributed by atoms with Gasteiger partial charge in [0.1, 0.15) is 12.0 Å². The van der Waals surface area contributed by atoms with Crippen molar-refractivity contribution in [3.05, 3.63) is 103 Å². The average molecular weight is 520 g/mol. The van der Waals surface area contributed by atoms with E-state index in [0.29, 0.717) is 22.6 Å². The fraction of sp³-hybridized carbons (Fsp3) is 0.0714. The van der Waals surface area contributed by atoms with Crippen LogP contribution in [0, 0.1) is 11.3 Å². The van der Waals surface area contributed by atoms with Crippen molar-refractivity contribution in [3.8, 4) is 17.3 Å². The summed E-state index contributed by atoms with van der Waals surface area (Å²) in [6.45, 7) is 0. The summed E-state index contributed by atoms with van der Waals surface area (Å²) in [5, 5.41) is 16.7. The molecule has 6 aromatic rings. The Balaban J connectivity index is 1.34. The number of nitrogens with one attached hydrogen (secondary N) is 2. The van der Waals surface area contributed by atoms with Crippen LogP contribution in [0.5, 0.6) is 0 Å². The fourth-order valence-corrected chi connectivity index (χ4v) is 5.73. The van der Waals surface area contributed by atoms with Crippen LogP contribution in [0.4, 0.5) is 5.69 Å². The molecule has 186 valence electrons. The third kappa shape index (κ3) is 4.25. The number of sulfonamides is 1. The highest BCUT2D eigenvalue weighted by Gasteiger charge is 2.21. The number of fused-ring (bicyclic) bond motifs is 2. The van der Waals surface area contributed by atoms with E-state index in [1.54, 1.807) is 47.4 Å². The molecule has 6 rings (SSSR count). The summed E-state index contributed by atoms with van der Waals surface area (Å²) in [4.78, 5) is 11.8. The van der Waals surface area contributed by atoms with Crippen molar-refractivity contribution in [2.24, 2.45) is 0 Å². The lowest BCUT2D eigenvalue weighted by Crippen LogP contribution is -2.15. The normalized spacial score (nSPS) is 12.4. The Labute approximate surface area is 218 Å². The molecule has 0 fully saturated rings. The topological polar surface area (TPSA) is 129 Å². The largest absolute Gasteiger partial charge is 0.346 e. The molecule has 1 unspecified atom stereocenters. The van der Waals surface area contributed by atoms with E-state index < -0.39 is 16.1 Å². The molecular weight excluding hydrogens is 498 g/mol. The molecule has 2 N–H and O–H groups in total. The molecule has 0 amide bonds. The Hall–Kier alpha value is -5.01. The molecule has 0 spiro atoms. The maximum absolute atomic E-state index is 13.4. The number of hydrogen-bond donors (Lipinski definition) is 2. The molecule has 10 heteroatoms. The second-order valence-corrected chi connectivity index (χ2v) is 10.4. The van der Waals surface area contributed by atoms with E-state index in [9.17, 15) is 13.7 Å². The zero-order valence-electron chi connectivity index (χ0n) is 20.0. The van der Waals surface area contributed by atoms with Crippen molar-refractivity contribution >= 4 is 37.5 Å². The van der Waals surface area contributed by atoms with Crippen molar-refractivity contribution in [1.82, 2.24) is 24.7 Å². The van der Waals surface area contributed by atoms with Crippen LogP contribution in [0.3, 0.4) is 0 Å². The standard InChI is InChI=1S/C28H21N7O2S/c29-13-11-26(35-17-21(16-33-35)27-24-12-14-30-28(24)32-18-31-27)20-7-3-8-22(15-20)38(36,37)34-25-10-4-6-19-5-1-2-9-23(19)25/h1-10,12,14-18,26,34H,11H2,(H,30,31,32). The van der Waals surface area contributed by atoms with E-state index in [1.165, 1.54) is 6.33 Å². The molecule has 0 bridgehead atoms. The number of anilines is 1. The summed E-state index contributed by atoms with van der Waals surface area (Å²) in [5.74, 6) is 0. The third-order valence-corrected chi connectivity index (χ3v) is 7.78. The van der Waals surface area contributed by atoms with Gasteiger partial charge in [-0.25, -0.2) is 18.4 Å². The van der Waals surface area contributed by atoms with E-state index in [-0.39, 0.29) is 11.3 Å². The minimum atomic E-state index is -3.90. The quantitative estimate of drug-likeness (QED) is 0.295. The van der Waals surface area contributed by atoms with Crippen LogP contribution in [0.25, 0.3) is 33.1 Å². The Morgan fingerprint density at radius 2 is 1.84 bits per heavy atom. The first-order chi connectivity index (χ1) is 18.5. The van der Waals surface area contributed by atoms with Crippen molar-refractivity contribution in [1.29, 1.82) is 5.26 Å². The second kappa shape index (κ2) is 9.46. The summed E-state index contributed by atoms with van der Waals surface area (Å²) < 4.78 is 31.2. The molecule has 9 nitrogen and oxygen atoms in total. The number of hydrogen-bond acceptors (Lipinski definition) is 6. The van der Waals surface area contributed by atoms with Crippen LogP contribution in [-0.4, -0.2) is 33.2 Å². The second-order valence-electron chi connectivity index (χ2n) is 8.75. The smallest absolute Gasteiger partial charge is 0.261 e. The van der Waals surface area contributed by atoms with Gasteiger partial charge >= 0.3 is 0 Å². The van der Waals surface area contributed by atoms with Gasteiger partial charge in [0.2, 0.25) is 0 Å². The van der Waals surface area contributed by atoms with Gasteiger partial charge in [0.05, 0.1) is 41.0 Å². The first kappa shape index (κ1) is 23.4. The summed E-state index contributed by atoms with van der Waals surface area (Å²) in [6, 6.07) is 23.3. The minimum Gasteiger partial charge on any atom is -0.346 e. The number of aromatic nitrogens is 5. The molecule has 1 atom stereocenters. The van der Waals surface area contributed by atoms with Gasteiger partial charge < -0.3 is 4.98 Å². The van der Waals surface area contributed by atoms with Gasteiger partial charge in [-0.2, -0.15) is 10.4 Å². The van der Waals surface area contributed by atoms with Crippen LogP contribution < -0.4 is 4.72 Å². The average Bonchev–Trinajstić information content (AvgIpc) is 3.62. The Kier molecular flexibility index (Phi) is 5.82. The number of nitriles is 1. The van der Waals surface area contributed by atoms with Crippen LogP contribution >= 0.6 is 0 Å². The van der Waals surface area contributed by atoms with Gasteiger partial charge in [-0.15, -0.1) is 0 Å². The van der Waals surface area contributed by atoms with E-state index in [0.717, 1.165) is 21.7 Å². The van der Waals surface area contributed by atoms with Gasteiger partial charge in [0.25, 0.3) is 10.0 Å². The van der Waals surface area contributed by atoms with Crippen molar-refractivity contribution in [2.75, 3.05) is 4.72 Å². The zero-order chi connectivity index (χ0) is 26.1. The molecule has 38 heavy (non-hydrogen) atoms. The van der Waals surface area contributed by atoms with Gasteiger partial charge in [0.15, 0.2) is 0 Å².